The van der Waals surface area contributed by atoms with Crippen LogP contribution < -0.4 is 10.1 Å². The minimum atomic E-state index is 0.626. The molecule has 0 fully saturated rings. The number of para-hydroxylation sites is 2. The lowest BCUT2D eigenvalue weighted by Crippen LogP contribution is -2.07. The van der Waals surface area contributed by atoms with Crippen LogP contribution in [0.4, 0.5) is 5.69 Å². The second-order valence-corrected chi connectivity index (χ2v) is 4.01. The summed E-state index contributed by atoms with van der Waals surface area (Å²) < 4.78 is 7.52. The predicted octanol–water partition coefficient (Wildman–Crippen LogP) is 2.13. The maximum Gasteiger partial charge on any atom is 0.152 e. The summed E-state index contributed by atoms with van der Waals surface area (Å²) in [5.41, 5.74) is 0.972. The smallest absolute Gasteiger partial charge is 0.152 e. The van der Waals surface area contributed by atoms with Crippen LogP contribution in [0, 0.1) is 6.92 Å². The number of benzene rings is 1. The van der Waals surface area contributed by atoms with E-state index in [1.807, 2.05) is 49.7 Å². The van der Waals surface area contributed by atoms with Crippen LogP contribution in [0.5, 0.6) is 5.75 Å². The second-order valence-electron chi connectivity index (χ2n) is 4.01. The van der Waals surface area contributed by atoms with Crippen molar-refractivity contribution in [2.45, 2.75) is 20.4 Å². The maximum atomic E-state index is 5.56. The summed E-state index contributed by atoms with van der Waals surface area (Å²) >= 11 is 0. The van der Waals surface area contributed by atoms with E-state index in [-0.39, 0.29) is 0 Å². The summed E-state index contributed by atoms with van der Waals surface area (Å²) in [7, 11) is 1.96. The molecule has 0 saturated heterocycles. The molecule has 96 valence electrons. The first-order valence-corrected chi connectivity index (χ1v) is 6.03. The van der Waals surface area contributed by atoms with E-state index in [2.05, 4.69) is 15.5 Å². The zero-order chi connectivity index (χ0) is 13.0. The lowest BCUT2D eigenvalue weighted by Gasteiger charge is -2.11. The van der Waals surface area contributed by atoms with E-state index in [0.717, 1.165) is 23.1 Å². The van der Waals surface area contributed by atoms with Crippen LogP contribution in [0.1, 0.15) is 18.6 Å². The quantitative estimate of drug-likeness (QED) is 0.878. The first-order chi connectivity index (χ1) is 8.72. The van der Waals surface area contributed by atoms with Gasteiger partial charge in [-0.1, -0.05) is 12.1 Å². The summed E-state index contributed by atoms with van der Waals surface area (Å²) in [6, 6.07) is 7.89. The monoisotopic (exact) mass is 246 g/mol. The minimum absolute atomic E-state index is 0.626. The Balaban J connectivity index is 2.08. The third-order valence-corrected chi connectivity index (χ3v) is 2.81. The molecular weight excluding hydrogens is 228 g/mol. The Morgan fingerprint density at radius 3 is 2.72 bits per heavy atom. The fourth-order valence-corrected chi connectivity index (χ4v) is 1.67. The fraction of sp³-hybridized carbons (Fsp3) is 0.385. The third kappa shape index (κ3) is 2.61. The van der Waals surface area contributed by atoms with Gasteiger partial charge in [0.2, 0.25) is 0 Å². The van der Waals surface area contributed by atoms with Crippen LogP contribution in [-0.2, 0) is 13.6 Å². The van der Waals surface area contributed by atoms with Gasteiger partial charge in [-0.25, -0.2) is 0 Å². The van der Waals surface area contributed by atoms with E-state index < -0.39 is 0 Å². The Bertz CT molecular complexity index is 521. The van der Waals surface area contributed by atoms with Gasteiger partial charge in [0, 0.05) is 7.05 Å². The molecule has 1 heterocycles. The SMILES string of the molecule is CCOc1ccccc1NCc1nnc(C)n1C. The van der Waals surface area contributed by atoms with Crippen molar-refractivity contribution in [3.05, 3.63) is 35.9 Å². The topological polar surface area (TPSA) is 52.0 Å². The molecule has 0 amide bonds. The molecule has 0 saturated carbocycles. The Morgan fingerprint density at radius 1 is 1.28 bits per heavy atom. The molecule has 0 atom stereocenters. The Labute approximate surface area is 107 Å². The molecule has 0 unspecified atom stereocenters. The average molecular weight is 246 g/mol. The summed E-state index contributed by atoms with van der Waals surface area (Å²) in [6.07, 6.45) is 0. The molecular formula is C13H18N4O. The molecule has 5 nitrogen and oxygen atoms in total. The van der Waals surface area contributed by atoms with Gasteiger partial charge in [-0.3, -0.25) is 0 Å². The number of hydrogen-bond donors (Lipinski definition) is 1. The highest BCUT2D eigenvalue weighted by molar-refractivity contribution is 5.56. The lowest BCUT2D eigenvalue weighted by molar-refractivity contribution is 0.341. The van der Waals surface area contributed by atoms with Crippen molar-refractivity contribution in [3.63, 3.8) is 0 Å². The average Bonchev–Trinajstić information content (AvgIpc) is 2.70. The zero-order valence-corrected chi connectivity index (χ0v) is 11.0. The van der Waals surface area contributed by atoms with Crippen LogP contribution in [-0.4, -0.2) is 21.4 Å². The summed E-state index contributed by atoms with van der Waals surface area (Å²) in [5.74, 6) is 2.67. The summed E-state index contributed by atoms with van der Waals surface area (Å²) in [6.45, 7) is 5.19. The van der Waals surface area contributed by atoms with Crippen LogP contribution >= 0.6 is 0 Å². The first kappa shape index (κ1) is 12.4. The molecule has 1 aromatic heterocycles. The number of nitrogens with zero attached hydrogens (tertiary/aromatic N) is 3. The number of aromatic nitrogens is 3. The van der Waals surface area contributed by atoms with Crippen molar-refractivity contribution >= 4 is 5.69 Å². The number of nitrogens with one attached hydrogen (secondary N) is 1. The van der Waals surface area contributed by atoms with Crippen molar-refractivity contribution in [3.8, 4) is 5.75 Å². The highest BCUT2D eigenvalue weighted by Gasteiger charge is 2.06. The number of aryl methyl sites for hydroxylation is 1. The molecule has 0 radical (unpaired) electrons. The number of rotatable bonds is 5. The predicted molar refractivity (Wildman–Crippen MR) is 70.7 cm³/mol. The molecule has 1 N–H and O–H groups in total. The van der Waals surface area contributed by atoms with E-state index in [9.17, 15) is 0 Å². The molecule has 0 aliphatic carbocycles. The highest BCUT2D eigenvalue weighted by Crippen LogP contribution is 2.23. The molecule has 0 aliphatic rings. The Hall–Kier alpha value is -2.04. The highest BCUT2D eigenvalue weighted by atomic mass is 16.5. The number of ether oxygens (including phenoxy) is 1. The molecule has 0 spiro atoms. The molecule has 0 aliphatic heterocycles. The van der Waals surface area contributed by atoms with Crippen LogP contribution in [0.15, 0.2) is 24.3 Å². The molecule has 0 bridgehead atoms. The van der Waals surface area contributed by atoms with Gasteiger partial charge < -0.3 is 14.6 Å². The standard InChI is InChI=1S/C13H18N4O/c1-4-18-12-8-6-5-7-11(12)14-9-13-16-15-10(2)17(13)3/h5-8,14H,4,9H2,1-3H3. The van der Waals surface area contributed by atoms with Crippen molar-refractivity contribution in [1.29, 1.82) is 0 Å². The van der Waals surface area contributed by atoms with E-state index in [1.54, 1.807) is 0 Å². The Kier molecular flexibility index (Phi) is 3.82. The van der Waals surface area contributed by atoms with Crippen molar-refractivity contribution in [2.24, 2.45) is 7.05 Å². The fourth-order valence-electron chi connectivity index (χ4n) is 1.67. The molecule has 1 aromatic carbocycles. The van der Waals surface area contributed by atoms with E-state index >= 15 is 0 Å². The molecule has 2 aromatic rings. The molecule has 18 heavy (non-hydrogen) atoms. The Morgan fingerprint density at radius 2 is 2.06 bits per heavy atom. The zero-order valence-electron chi connectivity index (χ0n) is 11.0. The third-order valence-electron chi connectivity index (χ3n) is 2.81. The maximum absolute atomic E-state index is 5.56. The van der Waals surface area contributed by atoms with Gasteiger partial charge in [0.1, 0.15) is 11.6 Å². The van der Waals surface area contributed by atoms with Crippen molar-refractivity contribution in [1.82, 2.24) is 14.8 Å². The van der Waals surface area contributed by atoms with Gasteiger partial charge >= 0.3 is 0 Å². The van der Waals surface area contributed by atoms with Gasteiger partial charge in [-0.15, -0.1) is 10.2 Å². The largest absolute Gasteiger partial charge is 0.492 e. The second kappa shape index (κ2) is 5.53. The van der Waals surface area contributed by atoms with Gasteiger partial charge in [-0.2, -0.15) is 0 Å². The van der Waals surface area contributed by atoms with E-state index in [0.29, 0.717) is 13.2 Å². The number of hydrogen-bond acceptors (Lipinski definition) is 4. The van der Waals surface area contributed by atoms with Gasteiger partial charge in [-0.05, 0) is 26.0 Å². The normalized spacial score (nSPS) is 10.4. The molecule has 2 rings (SSSR count). The van der Waals surface area contributed by atoms with Crippen LogP contribution in [0.2, 0.25) is 0 Å². The first-order valence-electron chi connectivity index (χ1n) is 6.03. The van der Waals surface area contributed by atoms with E-state index in [4.69, 9.17) is 4.74 Å². The lowest BCUT2D eigenvalue weighted by atomic mass is 10.3. The van der Waals surface area contributed by atoms with Gasteiger partial charge in [0.15, 0.2) is 5.82 Å². The summed E-state index contributed by atoms with van der Waals surface area (Å²) in [4.78, 5) is 0. The summed E-state index contributed by atoms with van der Waals surface area (Å²) in [5, 5.41) is 11.5. The van der Waals surface area contributed by atoms with Gasteiger partial charge in [0.05, 0.1) is 18.8 Å². The van der Waals surface area contributed by atoms with Crippen molar-refractivity contribution in [2.75, 3.05) is 11.9 Å². The minimum Gasteiger partial charge on any atom is -0.492 e. The van der Waals surface area contributed by atoms with Crippen LogP contribution in [0.3, 0.4) is 0 Å². The van der Waals surface area contributed by atoms with Crippen LogP contribution in [0.25, 0.3) is 0 Å². The van der Waals surface area contributed by atoms with Crippen molar-refractivity contribution < 1.29 is 4.74 Å². The van der Waals surface area contributed by atoms with E-state index in [1.165, 1.54) is 0 Å². The van der Waals surface area contributed by atoms with Gasteiger partial charge in [0.25, 0.3) is 0 Å². The molecule has 5 heteroatoms. The number of anilines is 1.